The molecule has 1 aliphatic rings. The third kappa shape index (κ3) is 4.96. The van der Waals surface area contributed by atoms with Gasteiger partial charge in [0.05, 0.1) is 24.8 Å². The van der Waals surface area contributed by atoms with Crippen molar-refractivity contribution in [3.8, 4) is 0 Å². The molecule has 0 bridgehead atoms. The highest BCUT2D eigenvalue weighted by molar-refractivity contribution is 7.13. The standard InChI is InChI=1S/C20H21NO6S/c22-18-8-5-15(11-27-12-16-6-7-17(28-16)20(25)26)21(18)10-9-13-1-3-14(4-2-13)19(23)24/h1-4,6-7,15H,5,8-12H2,(H,23,24)(H,25,26). The third-order valence-corrected chi connectivity index (χ3v) is 5.77. The van der Waals surface area contributed by atoms with Crippen LogP contribution < -0.4 is 0 Å². The molecule has 2 N–H and O–H groups in total. The summed E-state index contributed by atoms with van der Waals surface area (Å²) in [6.07, 6.45) is 1.88. The second-order valence-electron chi connectivity index (χ2n) is 6.62. The van der Waals surface area contributed by atoms with Crippen LogP contribution in [0, 0.1) is 0 Å². The van der Waals surface area contributed by atoms with E-state index in [0.29, 0.717) is 32.6 Å². The molecule has 148 valence electrons. The number of hydrogen-bond donors (Lipinski definition) is 2. The Morgan fingerprint density at radius 2 is 1.86 bits per heavy atom. The van der Waals surface area contributed by atoms with Crippen LogP contribution in [-0.4, -0.2) is 52.2 Å². The van der Waals surface area contributed by atoms with Crippen molar-refractivity contribution in [2.24, 2.45) is 0 Å². The van der Waals surface area contributed by atoms with Crippen molar-refractivity contribution in [1.29, 1.82) is 0 Å². The number of nitrogens with zero attached hydrogens (tertiary/aromatic N) is 1. The number of amides is 1. The Kier molecular flexibility index (Phi) is 6.43. The fraction of sp³-hybridized carbons (Fsp3) is 0.350. The molecule has 28 heavy (non-hydrogen) atoms. The zero-order chi connectivity index (χ0) is 20.1. The quantitative estimate of drug-likeness (QED) is 0.667. The molecule has 1 amide bonds. The van der Waals surface area contributed by atoms with Gasteiger partial charge in [-0.2, -0.15) is 0 Å². The summed E-state index contributed by atoms with van der Waals surface area (Å²) in [5, 5.41) is 17.9. The van der Waals surface area contributed by atoms with Crippen LogP contribution >= 0.6 is 11.3 Å². The van der Waals surface area contributed by atoms with Crippen LogP contribution in [0.5, 0.6) is 0 Å². The van der Waals surface area contributed by atoms with Gasteiger partial charge in [-0.15, -0.1) is 11.3 Å². The van der Waals surface area contributed by atoms with E-state index in [0.717, 1.165) is 16.9 Å². The van der Waals surface area contributed by atoms with Crippen LogP contribution in [0.1, 0.15) is 43.3 Å². The lowest BCUT2D eigenvalue weighted by Gasteiger charge is -2.24. The molecular weight excluding hydrogens is 382 g/mol. The van der Waals surface area contributed by atoms with Crippen molar-refractivity contribution in [1.82, 2.24) is 4.90 Å². The van der Waals surface area contributed by atoms with Crippen molar-refractivity contribution < 1.29 is 29.3 Å². The van der Waals surface area contributed by atoms with Gasteiger partial charge in [-0.05, 0) is 42.7 Å². The lowest BCUT2D eigenvalue weighted by Crippen LogP contribution is -2.37. The number of carboxylic acids is 2. The summed E-state index contributed by atoms with van der Waals surface area (Å²) in [5.41, 5.74) is 1.22. The van der Waals surface area contributed by atoms with E-state index in [4.69, 9.17) is 14.9 Å². The molecular formula is C20H21NO6S. The SMILES string of the molecule is O=C(O)c1ccc(CCN2C(=O)CCC2COCc2ccc(C(=O)O)s2)cc1. The summed E-state index contributed by atoms with van der Waals surface area (Å²) < 4.78 is 5.73. The second kappa shape index (κ2) is 8.99. The molecule has 8 heteroatoms. The van der Waals surface area contributed by atoms with Crippen molar-refractivity contribution in [2.75, 3.05) is 13.2 Å². The van der Waals surface area contributed by atoms with Gasteiger partial charge < -0.3 is 19.8 Å². The van der Waals surface area contributed by atoms with E-state index in [-0.39, 0.29) is 22.4 Å². The van der Waals surface area contributed by atoms with Crippen LogP contribution in [0.2, 0.25) is 0 Å². The Morgan fingerprint density at radius 1 is 1.11 bits per heavy atom. The van der Waals surface area contributed by atoms with E-state index in [2.05, 4.69) is 0 Å². The summed E-state index contributed by atoms with van der Waals surface area (Å²) in [4.78, 5) is 37.0. The maximum absolute atomic E-state index is 12.2. The molecule has 3 rings (SSSR count). The number of benzene rings is 1. The van der Waals surface area contributed by atoms with E-state index in [1.807, 2.05) is 4.90 Å². The number of carbonyl (C=O) groups excluding carboxylic acids is 1. The monoisotopic (exact) mass is 403 g/mol. The summed E-state index contributed by atoms with van der Waals surface area (Å²) in [6.45, 7) is 1.29. The van der Waals surface area contributed by atoms with Crippen molar-refractivity contribution in [3.05, 3.63) is 57.3 Å². The fourth-order valence-electron chi connectivity index (χ4n) is 3.20. The molecule has 1 saturated heterocycles. The van der Waals surface area contributed by atoms with Gasteiger partial charge in [-0.25, -0.2) is 9.59 Å². The first-order valence-corrected chi connectivity index (χ1v) is 9.77. The lowest BCUT2D eigenvalue weighted by atomic mass is 10.1. The predicted molar refractivity (Wildman–Crippen MR) is 103 cm³/mol. The highest BCUT2D eigenvalue weighted by Crippen LogP contribution is 2.22. The van der Waals surface area contributed by atoms with Gasteiger partial charge in [0.2, 0.25) is 5.91 Å². The number of ether oxygens (including phenoxy) is 1. The molecule has 7 nitrogen and oxygen atoms in total. The van der Waals surface area contributed by atoms with E-state index in [1.165, 1.54) is 11.3 Å². The highest BCUT2D eigenvalue weighted by Gasteiger charge is 2.30. The number of aromatic carboxylic acids is 2. The zero-order valence-electron chi connectivity index (χ0n) is 15.2. The number of carboxylic acid groups (broad SMARTS) is 2. The van der Waals surface area contributed by atoms with Crippen LogP contribution in [0.15, 0.2) is 36.4 Å². The van der Waals surface area contributed by atoms with E-state index in [9.17, 15) is 14.4 Å². The van der Waals surface area contributed by atoms with Crippen LogP contribution in [0.25, 0.3) is 0 Å². The predicted octanol–water partition coefficient (Wildman–Crippen LogP) is 2.89. The Bertz CT molecular complexity index is 860. The highest BCUT2D eigenvalue weighted by atomic mass is 32.1. The Balaban J connectivity index is 1.49. The van der Waals surface area contributed by atoms with Crippen molar-refractivity contribution in [2.45, 2.75) is 31.9 Å². The molecule has 2 heterocycles. The molecule has 0 spiro atoms. The van der Waals surface area contributed by atoms with Gasteiger partial charge in [-0.3, -0.25) is 4.79 Å². The van der Waals surface area contributed by atoms with E-state index in [1.54, 1.807) is 36.4 Å². The Labute approximate surface area is 166 Å². The van der Waals surface area contributed by atoms with E-state index < -0.39 is 11.9 Å². The first-order chi connectivity index (χ1) is 13.4. The maximum atomic E-state index is 12.2. The number of hydrogen-bond acceptors (Lipinski definition) is 5. The first kappa shape index (κ1) is 20.0. The summed E-state index contributed by atoms with van der Waals surface area (Å²) in [7, 11) is 0. The Morgan fingerprint density at radius 3 is 2.50 bits per heavy atom. The molecule has 0 aliphatic carbocycles. The molecule has 1 aromatic carbocycles. The average Bonchev–Trinajstić information content (AvgIpc) is 3.28. The lowest BCUT2D eigenvalue weighted by molar-refractivity contribution is -0.129. The van der Waals surface area contributed by atoms with Crippen LogP contribution in [0.3, 0.4) is 0 Å². The summed E-state index contributed by atoms with van der Waals surface area (Å²) in [6, 6.07) is 9.98. The molecule has 1 fully saturated rings. The van der Waals surface area contributed by atoms with Crippen molar-refractivity contribution in [3.63, 3.8) is 0 Å². The number of thiophene rings is 1. The maximum Gasteiger partial charge on any atom is 0.345 e. The number of likely N-dealkylation sites (tertiary alicyclic amines) is 1. The minimum atomic E-state index is -0.959. The van der Waals surface area contributed by atoms with Crippen LogP contribution in [0.4, 0.5) is 0 Å². The topological polar surface area (TPSA) is 104 Å². The summed E-state index contributed by atoms with van der Waals surface area (Å²) in [5.74, 6) is -1.81. The molecule has 0 saturated carbocycles. The van der Waals surface area contributed by atoms with E-state index >= 15 is 0 Å². The average molecular weight is 403 g/mol. The van der Waals surface area contributed by atoms with Crippen molar-refractivity contribution >= 4 is 29.2 Å². The van der Waals surface area contributed by atoms with Gasteiger partial charge in [0.15, 0.2) is 0 Å². The number of carbonyl (C=O) groups is 3. The third-order valence-electron chi connectivity index (χ3n) is 4.72. The van der Waals surface area contributed by atoms with Gasteiger partial charge in [-0.1, -0.05) is 12.1 Å². The summed E-state index contributed by atoms with van der Waals surface area (Å²) >= 11 is 1.19. The van der Waals surface area contributed by atoms with Gasteiger partial charge in [0.1, 0.15) is 4.88 Å². The van der Waals surface area contributed by atoms with Gasteiger partial charge in [0, 0.05) is 17.8 Å². The molecule has 0 radical (unpaired) electrons. The number of rotatable bonds is 9. The normalized spacial score (nSPS) is 16.5. The largest absolute Gasteiger partial charge is 0.478 e. The zero-order valence-corrected chi connectivity index (χ0v) is 16.0. The molecule has 2 aromatic rings. The van der Waals surface area contributed by atoms with Gasteiger partial charge in [0.25, 0.3) is 0 Å². The molecule has 1 aliphatic heterocycles. The smallest absolute Gasteiger partial charge is 0.345 e. The second-order valence-corrected chi connectivity index (χ2v) is 7.79. The fourth-order valence-corrected chi connectivity index (χ4v) is 3.99. The van der Waals surface area contributed by atoms with Crippen LogP contribution in [-0.2, 0) is 22.6 Å². The molecule has 1 atom stereocenters. The molecule has 1 aromatic heterocycles. The minimum Gasteiger partial charge on any atom is -0.478 e. The first-order valence-electron chi connectivity index (χ1n) is 8.95. The minimum absolute atomic E-state index is 0.00435. The Hall–Kier alpha value is -2.71. The molecule has 1 unspecified atom stereocenters. The van der Waals surface area contributed by atoms with Gasteiger partial charge >= 0.3 is 11.9 Å².